The SMILES string of the molecule is CC(C)c1ccc(-c2nc(C(C)(C)N)no2)cc1. The quantitative estimate of drug-likeness (QED) is 0.902. The highest BCUT2D eigenvalue weighted by atomic mass is 16.5. The van der Waals surface area contributed by atoms with E-state index in [4.69, 9.17) is 10.3 Å². The Labute approximate surface area is 107 Å². The molecular formula is C14H19N3O. The predicted octanol–water partition coefficient (Wildman–Crippen LogP) is 3.05. The molecule has 2 aromatic rings. The highest BCUT2D eigenvalue weighted by Crippen LogP contribution is 2.23. The van der Waals surface area contributed by atoms with Crippen LogP contribution in [0.15, 0.2) is 28.8 Å². The van der Waals surface area contributed by atoms with Crippen LogP contribution < -0.4 is 5.73 Å². The van der Waals surface area contributed by atoms with E-state index in [1.54, 1.807) is 0 Å². The smallest absolute Gasteiger partial charge is 0.257 e. The number of hydrogen-bond acceptors (Lipinski definition) is 4. The molecule has 0 aliphatic rings. The summed E-state index contributed by atoms with van der Waals surface area (Å²) in [5, 5.41) is 3.91. The minimum atomic E-state index is -0.584. The summed E-state index contributed by atoms with van der Waals surface area (Å²) in [6.45, 7) is 8.03. The molecular weight excluding hydrogens is 226 g/mol. The Balaban J connectivity index is 2.29. The van der Waals surface area contributed by atoms with Gasteiger partial charge in [0.05, 0.1) is 5.54 Å². The lowest BCUT2D eigenvalue weighted by molar-refractivity contribution is 0.397. The third-order valence-corrected chi connectivity index (χ3v) is 2.83. The lowest BCUT2D eigenvalue weighted by atomic mass is 10.0. The van der Waals surface area contributed by atoms with Gasteiger partial charge in [-0.15, -0.1) is 0 Å². The number of rotatable bonds is 3. The Kier molecular flexibility index (Phi) is 3.22. The number of aromatic nitrogens is 2. The summed E-state index contributed by atoms with van der Waals surface area (Å²) in [5.74, 6) is 1.55. The number of benzene rings is 1. The fourth-order valence-electron chi connectivity index (χ4n) is 1.61. The van der Waals surface area contributed by atoms with Gasteiger partial charge >= 0.3 is 0 Å². The van der Waals surface area contributed by atoms with E-state index in [2.05, 4.69) is 36.1 Å². The van der Waals surface area contributed by atoms with E-state index in [9.17, 15) is 0 Å². The molecule has 0 atom stereocenters. The molecule has 0 fully saturated rings. The monoisotopic (exact) mass is 245 g/mol. The summed E-state index contributed by atoms with van der Waals surface area (Å²) in [6.07, 6.45) is 0. The molecule has 96 valence electrons. The van der Waals surface area contributed by atoms with Gasteiger partial charge in [-0.05, 0) is 37.5 Å². The number of nitrogens with two attached hydrogens (primary N) is 1. The summed E-state index contributed by atoms with van der Waals surface area (Å²) in [5.41, 5.74) is 7.55. The van der Waals surface area contributed by atoms with Gasteiger partial charge in [0.1, 0.15) is 0 Å². The van der Waals surface area contributed by atoms with Crippen molar-refractivity contribution >= 4 is 0 Å². The number of nitrogens with zero attached hydrogens (tertiary/aromatic N) is 2. The molecule has 0 aliphatic carbocycles. The van der Waals surface area contributed by atoms with Crippen molar-refractivity contribution in [2.24, 2.45) is 5.73 Å². The molecule has 2 rings (SSSR count). The molecule has 0 saturated heterocycles. The zero-order chi connectivity index (χ0) is 13.3. The second-order valence-electron chi connectivity index (χ2n) is 5.42. The first-order valence-corrected chi connectivity index (χ1v) is 6.11. The van der Waals surface area contributed by atoms with Gasteiger partial charge in [-0.1, -0.05) is 31.1 Å². The Bertz CT molecular complexity index is 521. The van der Waals surface area contributed by atoms with Crippen molar-refractivity contribution in [1.29, 1.82) is 0 Å². The van der Waals surface area contributed by atoms with Crippen LogP contribution in [-0.2, 0) is 5.54 Å². The van der Waals surface area contributed by atoms with E-state index < -0.39 is 5.54 Å². The van der Waals surface area contributed by atoms with E-state index in [1.807, 2.05) is 26.0 Å². The molecule has 2 N–H and O–H groups in total. The summed E-state index contributed by atoms with van der Waals surface area (Å²) >= 11 is 0. The summed E-state index contributed by atoms with van der Waals surface area (Å²) < 4.78 is 5.24. The van der Waals surface area contributed by atoms with Gasteiger partial charge in [-0.25, -0.2) is 0 Å². The van der Waals surface area contributed by atoms with Crippen LogP contribution in [-0.4, -0.2) is 10.1 Å². The second kappa shape index (κ2) is 4.53. The van der Waals surface area contributed by atoms with Crippen LogP contribution >= 0.6 is 0 Å². The van der Waals surface area contributed by atoms with Gasteiger partial charge in [0.25, 0.3) is 5.89 Å². The molecule has 1 aromatic heterocycles. The van der Waals surface area contributed by atoms with Gasteiger partial charge in [0, 0.05) is 5.56 Å². The van der Waals surface area contributed by atoms with Gasteiger partial charge in [0.2, 0.25) is 0 Å². The Hall–Kier alpha value is -1.68. The van der Waals surface area contributed by atoms with E-state index in [-0.39, 0.29) is 0 Å². The Morgan fingerprint density at radius 2 is 1.78 bits per heavy atom. The van der Waals surface area contributed by atoms with Crippen LogP contribution in [0.2, 0.25) is 0 Å². The fraction of sp³-hybridized carbons (Fsp3) is 0.429. The molecule has 4 nitrogen and oxygen atoms in total. The van der Waals surface area contributed by atoms with Crippen LogP contribution in [0.4, 0.5) is 0 Å². The van der Waals surface area contributed by atoms with Gasteiger partial charge in [-0.3, -0.25) is 0 Å². The standard InChI is InChI=1S/C14H19N3O/c1-9(2)10-5-7-11(8-6-10)12-16-13(17-18-12)14(3,4)15/h5-9H,15H2,1-4H3. The number of hydrogen-bond donors (Lipinski definition) is 1. The molecule has 0 aliphatic heterocycles. The molecule has 0 bridgehead atoms. The van der Waals surface area contributed by atoms with Crippen molar-refractivity contribution < 1.29 is 4.52 Å². The maximum absolute atomic E-state index is 5.93. The van der Waals surface area contributed by atoms with E-state index in [0.29, 0.717) is 17.6 Å². The molecule has 0 saturated carbocycles. The molecule has 0 unspecified atom stereocenters. The summed E-state index contributed by atoms with van der Waals surface area (Å²) in [6, 6.07) is 8.15. The maximum atomic E-state index is 5.93. The predicted molar refractivity (Wildman–Crippen MR) is 71.0 cm³/mol. The average molecular weight is 245 g/mol. The maximum Gasteiger partial charge on any atom is 0.257 e. The van der Waals surface area contributed by atoms with Crippen LogP contribution in [0.1, 0.15) is 45.0 Å². The van der Waals surface area contributed by atoms with Gasteiger partial charge in [0.15, 0.2) is 5.82 Å². The third-order valence-electron chi connectivity index (χ3n) is 2.83. The normalized spacial score (nSPS) is 12.1. The zero-order valence-electron chi connectivity index (χ0n) is 11.3. The Morgan fingerprint density at radius 1 is 1.17 bits per heavy atom. The van der Waals surface area contributed by atoms with Crippen molar-refractivity contribution in [2.45, 2.75) is 39.2 Å². The summed E-state index contributed by atoms with van der Waals surface area (Å²) in [4.78, 5) is 4.32. The van der Waals surface area contributed by atoms with E-state index in [1.165, 1.54) is 5.56 Å². The Morgan fingerprint density at radius 3 is 2.22 bits per heavy atom. The lowest BCUT2D eigenvalue weighted by Gasteiger charge is -2.11. The van der Waals surface area contributed by atoms with E-state index >= 15 is 0 Å². The van der Waals surface area contributed by atoms with Crippen LogP contribution in [0.5, 0.6) is 0 Å². The second-order valence-corrected chi connectivity index (χ2v) is 5.42. The fourth-order valence-corrected chi connectivity index (χ4v) is 1.61. The molecule has 4 heteroatoms. The van der Waals surface area contributed by atoms with Crippen molar-refractivity contribution in [1.82, 2.24) is 10.1 Å². The lowest BCUT2D eigenvalue weighted by Crippen LogP contribution is -2.30. The minimum Gasteiger partial charge on any atom is -0.334 e. The molecule has 1 aromatic carbocycles. The van der Waals surface area contributed by atoms with Crippen LogP contribution in [0.25, 0.3) is 11.5 Å². The largest absolute Gasteiger partial charge is 0.334 e. The van der Waals surface area contributed by atoms with Gasteiger partial charge in [-0.2, -0.15) is 4.98 Å². The average Bonchev–Trinajstić information content (AvgIpc) is 2.78. The molecule has 0 radical (unpaired) electrons. The first kappa shape index (κ1) is 12.8. The zero-order valence-corrected chi connectivity index (χ0v) is 11.3. The summed E-state index contributed by atoms with van der Waals surface area (Å²) in [7, 11) is 0. The highest BCUT2D eigenvalue weighted by molar-refractivity contribution is 5.53. The first-order valence-electron chi connectivity index (χ1n) is 6.11. The molecule has 1 heterocycles. The van der Waals surface area contributed by atoms with Crippen LogP contribution in [0, 0.1) is 0 Å². The first-order chi connectivity index (χ1) is 8.38. The topological polar surface area (TPSA) is 64.9 Å². The van der Waals surface area contributed by atoms with Crippen molar-refractivity contribution in [3.8, 4) is 11.5 Å². The molecule has 0 spiro atoms. The van der Waals surface area contributed by atoms with Crippen molar-refractivity contribution in [2.75, 3.05) is 0 Å². The minimum absolute atomic E-state index is 0.513. The van der Waals surface area contributed by atoms with Crippen LogP contribution in [0.3, 0.4) is 0 Å². The van der Waals surface area contributed by atoms with E-state index in [0.717, 1.165) is 5.56 Å². The molecule has 18 heavy (non-hydrogen) atoms. The van der Waals surface area contributed by atoms with Gasteiger partial charge < -0.3 is 10.3 Å². The highest BCUT2D eigenvalue weighted by Gasteiger charge is 2.21. The van der Waals surface area contributed by atoms with Crippen molar-refractivity contribution in [3.63, 3.8) is 0 Å². The van der Waals surface area contributed by atoms with Crippen molar-refractivity contribution in [3.05, 3.63) is 35.7 Å². The molecule has 0 amide bonds. The third kappa shape index (κ3) is 2.59.